The number of carbonyl (C=O) groups excluding carboxylic acids is 1. The van der Waals surface area contributed by atoms with Crippen molar-refractivity contribution < 1.29 is 19.4 Å². The Balaban J connectivity index is 1.36. The number of aliphatic hydroxyl groups is 1. The van der Waals surface area contributed by atoms with Crippen LogP contribution in [0.15, 0.2) is 35.9 Å². The van der Waals surface area contributed by atoms with E-state index in [1.165, 1.54) is 12.5 Å². The van der Waals surface area contributed by atoms with Gasteiger partial charge in [-0.3, -0.25) is 9.69 Å². The Labute approximate surface area is 211 Å². The number of esters is 1. The Morgan fingerprint density at radius 2 is 1.86 bits per heavy atom. The van der Waals surface area contributed by atoms with Crippen molar-refractivity contribution in [3.05, 3.63) is 41.5 Å². The van der Waals surface area contributed by atoms with E-state index in [2.05, 4.69) is 48.8 Å². The molecule has 6 heteroatoms. The van der Waals surface area contributed by atoms with Gasteiger partial charge in [0.1, 0.15) is 11.9 Å². The van der Waals surface area contributed by atoms with Gasteiger partial charge in [0.15, 0.2) is 0 Å². The van der Waals surface area contributed by atoms with Crippen molar-refractivity contribution in [2.45, 2.75) is 65.2 Å². The molecule has 3 aliphatic rings. The summed E-state index contributed by atoms with van der Waals surface area (Å²) in [6, 6.07) is 8.30. The van der Waals surface area contributed by atoms with Gasteiger partial charge in [-0.1, -0.05) is 38.1 Å². The van der Waals surface area contributed by atoms with Crippen molar-refractivity contribution in [1.82, 2.24) is 9.80 Å². The number of ether oxygens (including phenoxy) is 2. The highest BCUT2D eigenvalue weighted by molar-refractivity contribution is 5.66. The molecule has 0 amide bonds. The summed E-state index contributed by atoms with van der Waals surface area (Å²) < 4.78 is 11.1. The third kappa shape index (κ3) is 5.76. The summed E-state index contributed by atoms with van der Waals surface area (Å²) in [5.41, 5.74) is 1.54. The van der Waals surface area contributed by atoms with Gasteiger partial charge in [0.2, 0.25) is 0 Å². The van der Waals surface area contributed by atoms with E-state index in [0.29, 0.717) is 18.3 Å². The van der Waals surface area contributed by atoms with Gasteiger partial charge >= 0.3 is 5.97 Å². The van der Waals surface area contributed by atoms with Gasteiger partial charge in [0, 0.05) is 64.1 Å². The van der Waals surface area contributed by atoms with Crippen LogP contribution in [0, 0.1) is 23.7 Å². The van der Waals surface area contributed by atoms with E-state index in [0.717, 1.165) is 63.4 Å². The first-order valence-electron chi connectivity index (χ1n) is 13.4. The first-order chi connectivity index (χ1) is 16.7. The van der Waals surface area contributed by atoms with Crippen LogP contribution in [-0.4, -0.2) is 72.4 Å². The van der Waals surface area contributed by atoms with Crippen LogP contribution in [-0.2, 0) is 16.1 Å². The molecule has 6 nitrogen and oxygen atoms in total. The largest absolute Gasteiger partial charge is 0.496 e. The molecule has 1 unspecified atom stereocenters. The van der Waals surface area contributed by atoms with E-state index in [4.69, 9.17) is 9.47 Å². The highest BCUT2D eigenvalue weighted by atomic mass is 16.5. The second-order valence-corrected chi connectivity index (χ2v) is 11.2. The molecule has 1 aromatic carbocycles. The average molecular weight is 485 g/mol. The highest BCUT2D eigenvalue weighted by Gasteiger charge is 2.52. The van der Waals surface area contributed by atoms with Crippen molar-refractivity contribution in [3.63, 3.8) is 0 Å². The first kappa shape index (κ1) is 26.2. The molecule has 1 N–H and O–H groups in total. The monoisotopic (exact) mass is 484 g/mol. The van der Waals surface area contributed by atoms with Gasteiger partial charge in [0.05, 0.1) is 12.7 Å². The SMILES string of the molecule is COc1ccccc1CN1CCN(CC(C)[C@@H]2CC[C@@H](C)[C@]3(O)C[C@@H](OC(C)=O)C(C)=C[C@H]23)CC1. The Morgan fingerprint density at radius 3 is 2.54 bits per heavy atom. The van der Waals surface area contributed by atoms with Crippen LogP contribution in [0.25, 0.3) is 0 Å². The van der Waals surface area contributed by atoms with Gasteiger partial charge < -0.3 is 19.5 Å². The third-order valence-corrected chi connectivity index (χ3v) is 8.92. The second kappa shape index (κ2) is 11.0. The molecule has 1 aromatic rings. The van der Waals surface area contributed by atoms with Crippen molar-refractivity contribution in [3.8, 4) is 5.75 Å². The Morgan fingerprint density at radius 1 is 1.17 bits per heavy atom. The normalized spacial score (nSPS) is 32.9. The molecule has 1 heterocycles. The minimum absolute atomic E-state index is 0.125. The maximum Gasteiger partial charge on any atom is 0.303 e. The molecule has 2 fully saturated rings. The predicted molar refractivity (Wildman–Crippen MR) is 138 cm³/mol. The number of nitrogens with zero attached hydrogens (tertiary/aromatic N) is 2. The summed E-state index contributed by atoms with van der Waals surface area (Å²) in [6.45, 7) is 14.3. The lowest BCUT2D eigenvalue weighted by Crippen LogP contribution is -2.56. The van der Waals surface area contributed by atoms with Crippen LogP contribution in [0.3, 0.4) is 0 Å². The molecular weight excluding hydrogens is 440 g/mol. The number of fused-ring (bicyclic) bond motifs is 1. The minimum Gasteiger partial charge on any atom is -0.496 e. The van der Waals surface area contributed by atoms with E-state index in [1.807, 2.05) is 12.1 Å². The summed E-state index contributed by atoms with van der Waals surface area (Å²) in [4.78, 5) is 16.7. The molecule has 0 radical (unpaired) electrons. The van der Waals surface area contributed by atoms with E-state index in [9.17, 15) is 9.90 Å². The molecule has 0 spiro atoms. The average Bonchev–Trinajstić information content (AvgIpc) is 2.82. The van der Waals surface area contributed by atoms with E-state index in [1.54, 1.807) is 7.11 Å². The van der Waals surface area contributed by atoms with E-state index in [-0.39, 0.29) is 23.9 Å². The summed E-state index contributed by atoms with van der Waals surface area (Å²) in [5, 5.41) is 11.8. The van der Waals surface area contributed by atoms with Crippen LogP contribution < -0.4 is 4.74 Å². The van der Waals surface area contributed by atoms with Crippen molar-refractivity contribution in [1.29, 1.82) is 0 Å². The van der Waals surface area contributed by atoms with Crippen molar-refractivity contribution in [2.75, 3.05) is 39.8 Å². The van der Waals surface area contributed by atoms with Crippen molar-refractivity contribution >= 4 is 5.97 Å². The third-order valence-electron chi connectivity index (χ3n) is 8.92. The molecule has 1 aliphatic heterocycles. The lowest BCUT2D eigenvalue weighted by atomic mass is 9.57. The summed E-state index contributed by atoms with van der Waals surface area (Å²) >= 11 is 0. The fourth-order valence-corrected chi connectivity index (χ4v) is 6.75. The van der Waals surface area contributed by atoms with Crippen LogP contribution >= 0.6 is 0 Å². The number of piperazine rings is 1. The highest BCUT2D eigenvalue weighted by Crippen LogP contribution is 2.51. The lowest BCUT2D eigenvalue weighted by Gasteiger charge is -2.53. The number of benzene rings is 1. The number of carbonyl (C=O) groups is 1. The topological polar surface area (TPSA) is 62.2 Å². The Hall–Kier alpha value is -1.89. The summed E-state index contributed by atoms with van der Waals surface area (Å²) in [6.07, 6.45) is 4.62. The fraction of sp³-hybridized carbons (Fsp3) is 0.690. The van der Waals surface area contributed by atoms with Crippen molar-refractivity contribution in [2.24, 2.45) is 23.7 Å². The molecule has 0 bridgehead atoms. The quantitative estimate of drug-likeness (QED) is 0.464. The zero-order valence-corrected chi connectivity index (χ0v) is 22.2. The first-order valence-corrected chi connectivity index (χ1v) is 13.4. The number of rotatable bonds is 7. The summed E-state index contributed by atoms with van der Waals surface area (Å²) in [7, 11) is 1.74. The number of hydrogen-bond acceptors (Lipinski definition) is 6. The molecule has 1 saturated heterocycles. The second-order valence-electron chi connectivity index (χ2n) is 11.2. The van der Waals surface area contributed by atoms with Crippen LogP contribution in [0.4, 0.5) is 0 Å². The lowest BCUT2D eigenvalue weighted by molar-refractivity contribution is -0.159. The maximum absolute atomic E-state index is 11.8. The number of methoxy groups -OCH3 is 1. The van der Waals surface area contributed by atoms with Crippen LogP contribution in [0.5, 0.6) is 5.75 Å². The zero-order chi connectivity index (χ0) is 25.2. The molecule has 35 heavy (non-hydrogen) atoms. The number of hydrogen-bond donors (Lipinski definition) is 1. The molecular formula is C29H44N2O4. The molecule has 4 rings (SSSR count). The minimum atomic E-state index is -0.801. The van der Waals surface area contributed by atoms with Crippen LogP contribution in [0.2, 0.25) is 0 Å². The standard InChI is InChI=1S/C29H44N2O4/c1-20-16-26-25(11-10-22(3)29(26,33)17-28(20)35-23(4)32)21(2)18-30-12-14-31(15-13-30)19-24-8-6-7-9-27(24)34-5/h6-9,16,21-22,25-26,28,33H,10-15,17-19H2,1-5H3/t21?,22-,25+,26-,28-,29-/m1/s1. The Kier molecular flexibility index (Phi) is 8.24. The predicted octanol–water partition coefficient (Wildman–Crippen LogP) is 4.12. The van der Waals surface area contributed by atoms with Gasteiger partial charge in [-0.05, 0) is 49.2 Å². The molecule has 0 aromatic heterocycles. The van der Waals surface area contributed by atoms with Gasteiger partial charge in [0.25, 0.3) is 0 Å². The van der Waals surface area contributed by atoms with Gasteiger partial charge in [-0.25, -0.2) is 0 Å². The molecule has 194 valence electrons. The molecule has 1 saturated carbocycles. The summed E-state index contributed by atoms with van der Waals surface area (Å²) in [5.74, 6) is 1.96. The zero-order valence-electron chi connectivity index (χ0n) is 22.2. The molecule has 6 atom stereocenters. The Bertz CT molecular complexity index is 910. The maximum atomic E-state index is 11.8. The smallest absolute Gasteiger partial charge is 0.303 e. The van der Waals surface area contributed by atoms with E-state index >= 15 is 0 Å². The molecule has 2 aliphatic carbocycles. The van der Waals surface area contributed by atoms with Crippen LogP contribution in [0.1, 0.15) is 52.5 Å². The van der Waals surface area contributed by atoms with E-state index < -0.39 is 5.60 Å². The number of para-hydroxylation sites is 1. The fourth-order valence-electron chi connectivity index (χ4n) is 6.75. The van der Waals surface area contributed by atoms with Gasteiger partial charge in [-0.15, -0.1) is 0 Å². The van der Waals surface area contributed by atoms with Gasteiger partial charge in [-0.2, -0.15) is 0 Å².